The molecule has 0 aromatic carbocycles. The van der Waals surface area contributed by atoms with Crippen molar-refractivity contribution in [3.8, 4) is 33.6 Å². The molecule has 0 unspecified atom stereocenters. The van der Waals surface area contributed by atoms with Crippen LogP contribution in [0.15, 0.2) is 67.4 Å². The normalized spacial score (nSPS) is 11.6. The summed E-state index contributed by atoms with van der Waals surface area (Å²) in [6.07, 6.45) is 9.13. The Bertz CT molecular complexity index is 1110. The maximum absolute atomic E-state index is 10.6. The van der Waals surface area contributed by atoms with Crippen molar-refractivity contribution >= 4 is 0 Å². The van der Waals surface area contributed by atoms with E-state index in [9.17, 15) is 5.11 Å². The highest BCUT2D eigenvalue weighted by Gasteiger charge is 2.20. The minimum absolute atomic E-state index is 0.581. The quantitative estimate of drug-likeness (QED) is 0.590. The molecule has 28 heavy (non-hydrogen) atoms. The number of aliphatic hydroxyl groups is 1. The van der Waals surface area contributed by atoms with Crippen LogP contribution in [0.2, 0.25) is 0 Å². The molecule has 4 aromatic heterocycles. The van der Waals surface area contributed by atoms with Gasteiger partial charge in [0.2, 0.25) is 0 Å². The first-order valence-electron chi connectivity index (χ1n) is 9.01. The molecule has 0 aliphatic heterocycles. The molecule has 0 fully saturated rings. The lowest BCUT2D eigenvalue weighted by molar-refractivity contribution is 0.0740. The molecule has 0 aliphatic rings. The van der Waals surface area contributed by atoms with Gasteiger partial charge < -0.3 is 5.11 Å². The largest absolute Gasteiger partial charge is 0.384 e. The first-order chi connectivity index (χ1) is 13.4. The van der Waals surface area contributed by atoms with E-state index in [1.54, 1.807) is 24.7 Å². The molecule has 140 valence electrons. The zero-order valence-electron chi connectivity index (χ0n) is 16.0. The molecule has 0 radical (unpaired) electrons. The lowest BCUT2D eigenvalue weighted by Crippen LogP contribution is -2.18. The van der Waals surface area contributed by atoms with Gasteiger partial charge in [0.15, 0.2) is 0 Å². The van der Waals surface area contributed by atoms with Crippen LogP contribution in [0, 0.1) is 0 Å². The van der Waals surface area contributed by atoms with E-state index in [0.717, 1.165) is 27.9 Å². The zero-order valence-corrected chi connectivity index (χ0v) is 16.0. The molecular formula is C22H21N5O. The van der Waals surface area contributed by atoms with E-state index in [-0.39, 0.29) is 0 Å². The minimum atomic E-state index is -1.08. The lowest BCUT2D eigenvalue weighted by Gasteiger charge is -2.19. The van der Waals surface area contributed by atoms with E-state index >= 15 is 0 Å². The number of rotatable bonds is 4. The van der Waals surface area contributed by atoms with E-state index < -0.39 is 5.60 Å². The third-order valence-corrected chi connectivity index (χ3v) is 4.49. The monoisotopic (exact) mass is 371 g/mol. The summed E-state index contributed by atoms with van der Waals surface area (Å²) in [5.41, 5.74) is 4.81. The second kappa shape index (κ2) is 6.98. The van der Waals surface area contributed by atoms with Crippen LogP contribution in [0.3, 0.4) is 0 Å². The van der Waals surface area contributed by atoms with Crippen LogP contribution in [0.5, 0.6) is 0 Å². The molecule has 4 rings (SSSR count). The number of nitrogens with zero attached hydrogens (tertiary/aromatic N) is 5. The standard InChI is InChI=1S/C22H21N5O/c1-22(2,28)21-10-15(9-20(26-21)19-6-4-5-7-24-19)16-8-17(12-23-11-16)18-13-25-27(3)14-18/h4-14,28H,1-3H3. The van der Waals surface area contributed by atoms with Gasteiger partial charge >= 0.3 is 0 Å². The number of pyridine rings is 3. The highest BCUT2D eigenvalue weighted by molar-refractivity contribution is 5.74. The van der Waals surface area contributed by atoms with Gasteiger partial charge in [0.25, 0.3) is 0 Å². The van der Waals surface area contributed by atoms with Crippen LogP contribution in [-0.4, -0.2) is 29.8 Å². The molecule has 1 N–H and O–H groups in total. The average Bonchev–Trinajstić information content (AvgIpc) is 3.14. The average molecular weight is 371 g/mol. The molecule has 4 aromatic rings. The Morgan fingerprint density at radius 2 is 1.68 bits per heavy atom. The van der Waals surface area contributed by atoms with Crippen LogP contribution in [-0.2, 0) is 12.6 Å². The predicted octanol–water partition coefficient (Wildman–Crippen LogP) is 3.83. The van der Waals surface area contributed by atoms with Crippen molar-refractivity contribution in [2.24, 2.45) is 7.05 Å². The fourth-order valence-electron chi connectivity index (χ4n) is 2.98. The summed E-state index contributed by atoms with van der Waals surface area (Å²) in [7, 11) is 1.89. The summed E-state index contributed by atoms with van der Waals surface area (Å²) in [5.74, 6) is 0. The smallest absolute Gasteiger partial charge is 0.101 e. The molecule has 0 saturated heterocycles. The van der Waals surface area contributed by atoms with Gasteiger partial charge in [0.1, 0.15) is 5.60 Å². The number of hydrogen-bond donors (Lipinski definition) is 1. The van der Waals surface area contributed by atoms with E-state index in [1.807, 2.05) is 62.2 Å². The highest BCUT2D eigenvalue weighted by atomic mass is 16.3. The van der Waals surface area contributed by atoms with Crippen LogP contribution >= 0.6 is 0 Å². The van der Waals surface area contributed by atoms with Crippen molar-refractivity contribution in [3.63, 3.8) is 0 Å². The molecule has 0 amide bonds. The summed E-state index contributed by atoms with van der Waals surface area (Å²) in [5, 5.41) is 14.8. The summed E-state index contributed by atoms with van der Waals surface area (Å²) in [6.45, 7) is 3.46. The predicted molar refractivity (Wildman–Crippen MR) is 108 cm³/mol. The van der Waals surface area contributed by atoms with Gasteiger partial charge in [-0.25, -0.2) is 4.98 Å². The van der Waals surface area contributed by atoms with Gasteiger partial charge in [0.05, 0.1) is 23.3 Å². The van der Waals surface area contributed by atoms with Gasteiger partial charge in [0, 0.05) is 48.5 Å². The topological polar surface area (TPSA) is 76.7 Å². The first kappa shape index (κ1) is 18.0. The Balaban J connectivity index is 1.85. The second-order valence-corrected chi connectivity index (χ2v) is 7.27. The van der Waals surface area contributed by atoms with Gasteiger partial charge in [-0.05, 0) is 49.7 Å². The van der Waals surface area contributed by atoms with Gasteiger partial charge in [-0.2, -0.15) is 5.10 Å². The molecule has 0 atom stereocenters. The number of aryl methyl sites for hydroxylation is 1. The van der Waals surface area contributed by atoms with Gasteiger partial charge in [-0.3, -0.25) is 14.6 Å². The third kappa shape index (κ3) is 3.68. The van der Waals surface area contributed by atoms with E-state index in [0.29, 0.717) is 11.4 Å². The Kier molecular flexibility index (Phi) is 4.49. The molecule has 6 heteroatoms. The Morgan fingerprint density at radius 3 is 2.32 bits per heavy atom. The SMILES string of the molecule is Cn1cc(-c2cncc(-c3cc(-c4ccccn4)nc(C(C)(C)O)c3)c2)cn1. The van der Waals surface area contributed by atoms with E-state index in [4.69, 9.17) is 0 Å². The van der Waals surface area contributed by atoms with E-state index in [2.05, 4.69) is 26.1 Å². The van der Waals surface area contributed by atoms with Crippen molar-refractivity contribution < 1.29 is 5.11 Å². The van der Waals surface area contributed by atoms with Crippen molar-refractivity contribution in [3.05, 3.63) is 73.1 Å². The molecule has 6 nitrogen and oxygen atoms in total. The highest BCUT2D eigenvalue weighted by Crippen LogP contribution is 2.31. The van der Waals surface area contributed by atoms with Crippen LogP contribution in [0.4, 0.5) is 0 Å². The Morgan fingerprint density at radius 1 is 0.893 bits per heavy atom. The summed E-state index contributed by atoms with van der Waals surface area (Å²) in [4.78, 5) is 13.4. The molecular weight excluding hydrogens is 350 g/mol. The van der Waals surface area contributed by atoms with Crippen molar-refractivity contribution in [2.45, 2.75) is 19.4 Å². The third-order valence-electron chi connectivity index (χ3n) is 4.49. The summed E-state index contributed by atoms with van der Waals surface area (Å²) < 4.78 is 1.76. The van der Waals surface area contributed by atoms with Crippen LogP contribution in [0.1, 0.15) is 19.5 Å². The first-order valence-corrected chi connectivity index (χ1v) is 9.01. The van der Waals surface area contributed by atoms with Crippen molar-refractivity contribution in [1.29, 1.82) is 0 Å². The summed E-state index contributed by atoms with van der Waals surface area (Å²) in [6, 6.07) is 11.6. The Labute approximate surface area is 163 Å². The molecule has 0 saturated carbocycles. The molecule has 0 spiro atoms. The fourth-order valence-corrected chi connectivity index (χ4v) is 2.98. The second-order valence-electron chi connectivity index (χ2n) is 7.27. The molecule has 4 heterocycles. The molecule has 0 aliphatic carbocycles. The van der Waals surface area contributed by atoms with Crippen LogP contribution in [0.25, 0.3) is 33.6 Å². The zero-order chi connectivity index (χ0) is 19.7. The van der Waals surface area contributed by atoms with Crippen LogP contribution < -0.4 is 0 Å². The summed E-state index contributed by atoms with van der Waals surface area (Å²) >= 11 is 0. The minimum Gasteiger partial charge on any atom is -0.384 e. The van der Waals surface area contributed by atoms with Crippen molar-refractivity contribution in [1.82, 2.24) is 24.7 Å². The fraction of sp³-hybridized carbons (Fsp3) is 0.182. The van der Waals surface area contributed by atoms with Gasteiger partial charge in [-0.15, -0.1) is 0 Å². The van der Waals surface area contributed by atoms with Crippen molar-refractivity contribution in [2.75, 3.05) is 0 Å². The molecule has 0 bridgehead atoms. The maximum Gasteiger partial charge on any atom is 0.101 e. The number of hydrogen-bond acceptors (Lipinski definition) is 5. The maximum atomic E-state index is 10.6. The van der Waals surface area contributed by atoms with E-state index in [1.165, 1.54) is 0 Å². The lowest BCUT2D eigenvalue weighted by atomic mass is 9.97. The Hall–Kier alpha value is -3.38. The van der Waals surface area contributed by atoms with Gasteiger partial charge in [-0.1, -0.05) is 6.07 Å². The number of aromatic nitrogens is 5.